The van der Waals surface area contributed by atoms with E-state index >= 15 is 0 Å². The Morgan fingerprint density at radius 3 is 2.74 bits per heavy atom. The minimum absolute atomic E-state index is 0.110. The van der Waals surface area contributed by atoms with Crippen molar-refractivity contribution in [3.63, 3.8) is 0 Å². The molecule has 3 heterocycles. The lowest BCUT2D eigenvalue weighted by molar-refractivity contribution is 0.0527. The van der Waals surface area contributed by atoms with Crippen LogP contribution < -0.4 is 5.32 Å². The van der Waals surface area contributed by atoms with Crippen LogP contribution in [0.15, 0.2) is 22.9 Å². The van der Waals surface area contributed by atoms with Crippen molar-refractivity contribution in [2.45, 2.75) is 20.8 Å². The van der Waals surface area contributed by atoms with E-state index in [1.807, 2.05) is 0 Å². The number of hydrogen-bond acceptors (Lipinski definition) is 7. The maximum Gasteiger partial charge on any atom is 0.341 e. The molecule has 0 aliphatic heterocycles. The number of nitrogens with one attached hydrogen (secondary N) is 1. The first-order valence-electron chi connectivity index (χ1n) is 7.96. The van der Waals surface area contributed by atoms with Gasteiger partial charge in [0.15, 0.2) is 17.1 Å². The summed E-state index contributed by atoms with van der Waals surface area (Å²) in [7, 11) is 0. The number of rotatable bonds is 5. The summed E-state index contributed by atoms with van der Waals surface area (Å²) in [5, 5.41) is 7.13. The van der Waals surface area contributed by atoms with E-state index in [1.165, 1.54) is 11.4 Å². The molecule has 0 spiro atoms. The molecule has 3 aromatic heterocycles. The SMILES string of the molecule is CCOC(=O)c1c(NC(=O)c2nn3cccnc3c2Br)sc(C(C)=O)c1C. The summed E-state index contributed by atoms with van der Waals surface area (Å²) in [6, 6.07) is 1.69. The number of amides is 1. The van der Waals surface area contributed by atoms with Crippen molar-refractivity contribution in [1.29, 1.82) is 0 Å². The summed E-state index contributed by atoms with van der Waals surface area (Å²) in [5.41, 5.74) is 1.26. The molecule has 0 aliphatic rings. The van der Waals surface area contributed by atoms with Gasteiger partial charge >= 0.3 is 5.97 Å². The maximum atomic E-state index is 12.8. The lowest BCUT2D eigenvalue weighted by atomic mass is 10.1. The zero-order chi connectivity index (χ0) is 19.7. The lowest BCUT2D eigenvalue weighted by Crippen LogP contribution is -2.16. The number of ether oxygens (including phenoxy) is 1. The van der Waals surface area contributed by atoms with Crippen LogP contribution in [0.1, 0.15) is 49.9 Å². The molecular formula is C17H15BrN4O4S. The zero-order valence-corrected chi connectivity index (χ0v) is 17.1. The molecule has 1 N–H and O–H groups in total. The quantitative estimate of drug-likeness (QED) is 0.471. The Labute approximate surface area is 166 Å². The second kappa shape index (κ2) is 7.57. The second-order valence-corrected chi connectivity index (χ2v) is 7.36. The van der Waals surface area contributed by atoms with Gasteiger partial charge in [-0.3, -0.25) is 9.59 Å². The minimum atomic E-state index is -0.593. The van der Waals surface area contributed by atoms with E-state index in [2.05, 4.69) is 31.3 Å². The first-order chi connectivity index (χ1) is 12.8. The Bertz CT molecular complexity index is 1070. The molecule has 0 bridgehead atoms. The number of esters is 1. The van der Waals surface area contributed by atoms with Gasteiger partial charge in [0.05, 0.1) is 21.5 Å². The molecule has 0 aliphatic carbocycles. The highest BCUT2D eigenvalue weighted by atomic mass is 79.9. The molecule has 0 unspecified atom stereocenters. The van der Waals surface area contributed by atoms with Gasteiger partial charge in [0.2, 0.25) is 0 Å². The summed E-state index contributed by atoms with van der Waals surface area (Å²) >= 11 is 4.37. The van der Waals surface area contributed by atoms with E-state index in [1.54, 1.807) is 32.3 Å². The average molecular weight is 451 g/mol. The standard InChI is InChI=1S/C17H15BrN4O4S/c1-4-26-17(25)10-8(2)13(9(3)23)27-16(10)20-15(24)12-11(18)14-19-6-5-7-22(14)21-12/h5-7H,4H2,1-3H3,(H,20,24). The minimum Gasteiger partial charge on any atom is -0.462 e. The molecule has 3 aromatic rings. The van der Waals surface area contributed by atoms with Crippen LogP contribution in [0.2, 0.25) is 0 Å². The summed E-state index contributed by atoms with van der Waals surface area (Å²) in [5.74, 6) is -1.32. The Morgan fingerprint density at radius 2 is 2.11 bits per heavy atom. The predicted octanol–water partition coefficient (Wildman–Crippen LogP) is 3.49. The van der Waals surface area contributed by atoms with Crippen LogP contribution in [0.25, 0.3) is 5.65 Å². The van der Waals surface area contributed by atoms with Crippen LogP contribution in [0.3, 0.4) is 0 Å². The Hall–Kier alpha value is -2.59. The van der Waals surface area contributed by atoms with Crippen molar-refractivity contribution in [3.05, 3.63) is 44.6 Å². The summed E-state index contributed by atoms with van der Waals surface area (Å²) in [4.78, 5) is 41.5. The number of anilines is 1. The smallest absolute Gasteiger partial charge is 0.341 e. The monoisotopic (exact) mass is 450 g/mol. The van der Waals surface area contributed by atoms with Crippen molar-refractivity contribution in [1.82, 2.24) is 14.6 Å². The van der Waals surface area contributed by atoms with Crippen molar-refractivity contribution in [2.24, 2.45) is 0 Å². The summed E-state index contributed by atoms with van der Waals surface area (Å²) < 4.78 is 6.96. The highest BCUT2D eigenvalue weighted by Crippen LogP contribution is 2.34. The zero-order valence-electron chi connectivity index (χ0n) is 14.7. The molecule has 0 aromatic carbocycles. The molecule has 140 valence electrons. The molecule has 0 saturated heterocycles. The predicted molar refractivity (Wildman–Crippen MR) is 104 cm³/mol. The van der Waals surface area contributed by atoms with Gasteiger partial charge in [-0.25, -0.2) is 14.3 Å². The van der Waals surface area contributed by atoms with Crippen LogP contribution in [-0.4, -0.2) is 38.9 Å². The number of Topliss-reactive ketones (excluding diaryl/α,β-unsaturated/α-hetero) is 1. The fourth-order valence-electron chi connectivity index (χ4n) is 2.55. The van der Waals surface area contributed by atoms with Crippen molar-refractivity contribution < 1.29 is 19.1 Å². The van der Waals surface area contributed by atoms with Gasteiger partial charge in [0.1, 0.15) is 5.00 Å². The van der Waals surface area contributed by atoms with Crippen LogP contribution in [0, 0.1) is 6.92 Å². The van der Waals surface area contributed by atoms with Crippen molar-refractivity contribution in [2.75, 3.05) is 11.9 Å². The number of carbonyl (C=O) groups excluding carboxylic acids is 3. The highest BCUT2D eigenvalue weighted by molar-refractivity contribution is 9.10. The number of aromatic nitrogens is 3. The fraction of sp³-hybridized carbons (Fsp3) is 0.235. The van der Waals surface area contributed by atoms with Gasteiger partial charge in [0, 0.05) is 12.4 Å². The fourth-order valence-corrected chi connectivity index (χ4v) is 4.18. The number of halogens is 1. The van der Waals surface area contributed by atoms with Gasteiger partial charge in [-0.15, -0.1) is 11.3 Å². The first kappa shape index (κ1) is 19.2. The third-order valence-corrected chi connectivity index (χ3v) is 5.77. The van der Waals surface area contributed by atoms with E-state index < -0.39 is 11.9 Å². The summed E-state index contributed by atoms with van der Waals surface area (Å²) in [6.45, 7) is 4.93. The largest absolute Gasteiger partial charge is 0.462 e. The van der Waals surface area contributed by atoms with Gasteiger partial charge in [-0.1, -0.05) is 0 Å². The van der Waals surface area contributed by atoms with Gasteiger partial charge in [-0.05, 0) is 48.3 Å². The number of hydrogen-bond donors (Lipinski definition) is 1. The number of nitrogens with zero attached hydrogens (tertiary/aromatic N) is 3. The molecular weight excluding hydrogens is 436 g/mol. The Morgan fingerprint density at radius 1 is 1.37 bits per heavy atom. The third-order valence-electron chi connectivity index (χ3n) is 3.73. The Kier molecular flexibility index (Phi) is 5.38. The van der Waals surface area contributed by atoms with E-state index in [0.29, 0.717) is 20.6 Å². The maximum absolute atomic E-state index is 12.8. The van der Waals surface area contributed by atoms with Crippen LogP contribution in [-0.2, 0) is 4.74 Å². The number of ketones is 1. The van der Waals surface area contributed by atoms with E-state index in [4.69, 9.17) is 4.74 Å². The average Bonchev–Trinajstić information content (AvgIpc) is 3.13. The van der Waals surface area contributed by atoms with Gasteiger partial charge < -0.3 is 10.1 Å². The first-order valence-corrected chi connectivity index (χ1v) is 9.57. The number of carbonyl (C=O) groups is 3. The number of fused-ring (bicyclic) bond motifs is 1. The molecule has 0 saturated carbocycles. The van der Waals surface area contributed by atoms with Gasteiger partial charge in [-0.2, -0.15) is 5.10 Å². The highest BCUT2D eigenvalue weighted by Gasteiger charge is 2.27. The summed E-state index contributed by atoms with van der Waals surface area (Å²) in [6.07, 6.45) is 3.25. The van der Waals surface area contributed by atoms with Crippen molar-refractivity contribution >= 4 is 55.6 Å². The second-order valence-electron chi connectivity index (χ2n) is 5.54. The van der Waals surface area contributed by atoms with Crippen LogP contribution in [0.4, 0.5) is 5.00 Å². The third kappa shape index (κ3) is 3.50. The Balaban J connectivity index is 2.02. The van der Waals surface area contributed by atoms with Crippen LogP contribution >= 0.6 is 27.3 Å². The normalized spacial score (nSPS) is 10.8. The molecule has 0 fully saturated rings. The van der Waals surface area contributed by atoms with E-state index in [9.17, 15) is 14.4 Å². The molecule has 27 heavy (non-hydrogen) atoms. The molecule has 0 atom stereocenters. The van der Waals surface area contributed by atoms with Crippen molar-refractivity contribution in [3.8, 4) is 0 Å². The molecule has 10 heteroatoms. The van der Waals surface area contributed by atoms with Gasteiger partial charge in [0.25, 0.3) is 5.91 Å². The topological polar surface area (TPSA) is 103 Å². The number of thiophene rings is 1. The van der Waals surface area contributed by atoms with E-state index in [0.717, 1.165) is 11.3 Å². The molecule has 1 amide bonds. The molecule has 0 radical (unpaired) electrons. The lowest BCUT2D eigenvalue weighted by Gasteiger charge is -2.06. The van der Waals surface area contributed by atoms with E-state index in [-0.39, 0.29) is 28.6 Å². The molecule has 8 nitrogen and oxygen atoms in total. The molecule has 3 rings (SSSR count). The van der Waals surface area contributed by atoms with Crippen LogP contribution in [0.5, 0.6) is 0 Å².